The number of carbonyl (C=O) groups excluding carboxylic acids is 2. The fraction of sp³-hybridized carbons (Fsp3) is 0.200. The fourth-order valence-corrected chi connectivity index (χ4v) is 6.85. The van der Waals surface area contributed by atoms with Crippen LogP contribution in [0.25, 0.3) is 9.40 Å². The Morgan fingerprint density at radius 1 is 0.761 bits per heavy atom. The second kappa shape index (κ2) is 16.6. The first-order valence-corrected chi connectivity index (χ1v) is 16.2. The van der Waals surface area contributed by atoms with E-state index in [4.69, 9.17) is 54.9 Å². The molecule has 4 aromatic rings. The molecule has 2 heterocycles. The van der Waals surface area contributed by atoms with Gasteiger partial charge in [-0.15, -0.1) is 22.7 Å². The first-order valence-electron chi connectivity index (χ1n) is 13.7. The molecule has 0 aliphatic heterocycles. The van der Waals surface area contributed by atoms with Crippen LogP contribution < -0.4 is 31.8 Å². The van der Waals surface area contributed by atoms with Crippen molar-refractivity contribution < 1.29 is 28.5 Å². The summed E-state index contributed by atoms with van der Waals surface area (Å²) in [6.07, 6.45) is 3.04. The number of benzene rings is 2. The molecule has 0 radical (unpaired) electrons. The summed E-state index contributed by atoms with van der Waals surface area (Å²) in [6, 6.07) is 14.4. The average molecular weight is 699 g/mol. The summed E-state index contributed by atoms with van der Waals surface area (Å²) >= 11 is 12.1. The quantitative estimate of drug-likeness (QED) is 0.0614. The van der Waals surface area contributed by atoms with E-state index in [9.17, 15) is 9.59 Å². The minimum absolute atomic E-state index is 0.0187. The average Bonchev–Trinajstić information content (AvgIpc) is 3.56. The molecule has 0 spiro atoms. The molecule has 0 saturated carbocycles. The number of hydrogen-bond acceptors (Lipinski definition) is 12. The van der Waals surface area contributed by atoms with E-state index in [1.165, 1.54) is 35.1 Å². The number of nitrogens with one attached hydrogen (secondary N) is 2. The van der Waals surface area contributed by atoms with Crippen molar-refractivity contribution in [2.24, 2.45) is 21.7 Å². The van der Waals surface area contributed by atoms with Crippen molar-refractivity contribution in [3.8, 4) is 11.5 Å². The number of ether oxygens (including phenoxy) is 4. The van der Waals surface area contributed by atoms with Crippen LogP contribution in [0.3, 0.4) is 0 Å². The van der Waals surface area contributed by atoms with Gasteiger partial charge < -0.3 is 30.4 Å². The molecule has 2 aromatic carbocycles. The lowest BCUT2D eigenvalue weighted by Crippen LogP contribution is -2.24. The van der Waals surface area contributed by atoms with Gasteiger partial charge in [-0.1, -0.05) is 24.3 Å². The lowest BCUT2D eigenvalue weighted by atomic mass is 10.1. The Morgan fingerprint density at radius 3 is 1.57 bits per heavy atom. The van der Waals surface area contributed by atoms with Gasteiger partial charge in [-0.25, -0.2) is 9.59 Å². The number of thiophene rings is 2. The number of rotatable bonds is 14. The smallest absolute Gasteiger partial charge is 0.348 e. The summed E-state index contributed by atoms with van der Waals surface area (Å²) < 4.78 is 24.0. The first-order chi connectivity index (χ1) is 22.2. The molecule has 0 fully saturated rings. The van der Waals surface area contributed by atoms with Gasteiger partial charge in [0, 0.05) is 27.6 Å². The van der Waals surface area contributed by atoms with Crippen molar-refractivity contribution in [3.05, 3.63) is 80.5 Å². The van der Waals surface area contributed by atoms with Crippen molar-refractivity contribution in [2.45, 2.75) is 27.1 Å². The topological polar surface area (TPSA) is 172 Å². The summed E-state index contributed by atoms with van der Waals surface area (Å²) in [6.45, 7) is 3.79. The van der Waals surface area contributed by atoms with Crippen LogP contribution in [0.1, 0.15) is 55.4 Å². The number of carbonyl (C=O) groups is 2. The Labute approximate surface area is 283 Å². The van der Waals surface area contributed by atoms with E-state index in [-0.39, 0.29) is 36.7 Å². The summed E-state index contributed by atoms with van der Waals surface area (Å²) in [4.78, 5) is 27.0. The maximum absolute atomic E-state index is 13.1. The van der Waals surface area contributed by atoms with Crippen LogP contribution in [-0.4, -0.2) is 47.8 Å². The molecule has 0 aliphatic rings. The monoisotopic (exact) mass is 698 g/mol. The van der Waals surface area contributed by atoms with Gasteiger partial charge in [0.05, 0.1) is 29.7 Å². The van der Waals surface area contributed by atoms with Gasteiger partial charge in [-0.05, 0) is 62.5 Å². The second-order valence-electron chi connectivity index (χ2n) is 9.04. The summed E-state index contributed by atoms with van der Waals surface area (Å²) in [5.74, 6) is -0.0203. The predicted octanol–water partition coefficient (Wildman–Crippen LogP) is 4.81. The van der Waals surface area contributed by atoms with Crippen molar-refractivity contribution in [2.75, 3.05) is 13.2 Å². The third-order valence-electron chi connectivity index (χ3n) is 6.01. The van der Waals surface area contributed by atoms with Gasteiger partial charge in [0.1, 0.15) is 34.5 Å². The molecule has 46 heavy (non-hydrogen) atoms. The molecular weight excluding hydrogens is 669 g/mol. The van der Waals surface area contributed by atoms with Crippen LogP contribution >= 0.6 is 47.1 Å². The van der Waals surface area contributed by atoms with Crippen molar-refractivity contribution in [1.29, 1.82) is 0 Å². The second-order valence-corrected chi connectivity index (χ2v) is 12.2. The third-order valence-corrected chi connectivity index (χ3v) is 8.70. The van der Waals surface area contributed by atoms with Gasteiger partial charge in [0.25, 0.3) is 0 Å². The highest BCUT2D eigenvalue weighted by Gasteiger charge is 2.29. The van der Waals surface area contributed by atoms with E-state index in [1.807, 2.05) is 24.3 Å². The number of hydrazone groups is 2. The molecule has 12 nitrogen and oxygen atoms in total. The molecule has 6 N–H and O–H groups in total. The predicted molar refractivity (Wildman–Crippen MR) is 188 cm³/mol. The maximum Gasteiger partial charge on any atom is 0.348 e. The molecule has 0 unspecified atom stereocenters. The molecule has 4 rings (SSSR count). The largest absolute Gasteiger partial charge is 0.488 e. The molecule has 0 bridgehead atoms. The number of hydrogen-bond donors (Lipinski definition) is 4. The molecule has 0 saturated heterocycles. The fourth-order valence-electron chi connectivity index (χ4n) is 4.15. The minimum Gasteiger partial charge on any atom is -0.488 e. The Bertz CT molecular complexity index is 1680. The maximum atomic E-state index is 13.1. The lowest BCUT2D eigenvalue weighted by molar-refractivity contribution is 0.0520. The van der Waals surface area contributed by atoms with Crippen LogP contribution in [0, 0.1) is 0 Å². The molecule has 0 aliphatic carbocycles. The van der Waals surface area contributed by atoms with Gasteiger partial charge in [0.2, 0.25) is 0 Å². The zero-order valence-corrected chi connectivity index (χ0v) is 28.0. The number of nitrogens with zero attached hydrogens (tertiary/aromatic N) is 2. The van der Waals surface area contributed by atoms with E-state index in [0.717, 1.165) is 0 Å². The minimum atomic E-state index is -0.499. The molecule has 0 amide bonds. The Morgan fingerprint density at radius 2 is 1.17 bits per heavy atom. The molecule has 16 heteroatoms. The van der Waals surface area contributed by atoms with Gasteiger partial charge in [-0.3, -0.25) is 10.9 Å². The molecular formula is C30H30N6O6S4. The number of nitrogens with two attached hydrogens (primary N) is 2. The van der Waals surface area contributed by atoms with Gasteiger partial charge in [-0.2, -0.15) is 10.2 Å². The summed E-state index contributed by atoms with van der Waals surface area (Å²) in [7, 11) is 0. The zero-order valence-electron chi connectivity index (χ0n) is 24.7. The van der Waals surface area contributed by atoms with Gasteiger partial charge in [0.15, 0.2) is 10.2 Å². The van der Waals surface area contributed by atoms with Crippen molar-refractivity contribution in [3.63, 3.8) is 0 Å². The number of thiocarbonyl (C=S) groups is 2. The lowest BCUT2D eigenvalue weighted by Gasteiger charge is -2.13. The zero-order chi connectivity index (χ0) is 33.1. The summed E-state index contributed by atoms with van der Waals surface area (Å²) in [5, 5.41) is 8.74. The third kappa shape index (κ3) is 8.75. The standard InChI is InChI=1S/C30H30N6O6S4/c1-3-39-26(37)24-19(15-41-21-11-7-5-9-17(21)13-33-35-29(31)43)23-20(25(27(38)40-4-2)46-28(23)45-24)16-42-22-12-8-6-10-18(22)14-34-36-30(32)44/h5-14H,3-4,15-16H2,1-2H3,(H3,31,35,43)(H3,32,36,44)/b33-13+,34-14+. The van der Waals surface area contributed by atoms with E-state index < -0.39 is 11.9 Å². The highest BCUT2D eigenvalue weighted by atomic mass is 32.2. The van der Waals surface area contributed by atoms with E-state index in [1.54, 1.807) is 38.1 Å². The van der Waals surface area contributed by atoms with Crippen LogP contribution in [0.5, 0.6) is 11.5 Å². The SMILES string of the molecule is CCOC(=O)c1sc2sc(C(=O)OCC)c(COc3ccccc3/C=N/NC(N)=S)c2c1COc1ccccc1/C=N/NC(N)=S. The molecule has 2 aromatic heterocycles. The van der Waals surface area contributed by atoms with Crippen LogP contribution in [0.2, 0.25) is 0 Å². The van der Waals surface area contributed by atoms with Crippen LogP contribution in [0.4, 0.5) is 0 Å². The van der Waals surface area contributed by atoms with Crippen molar-refractivity contribution >= 4 is 91.1 Å². The Balaban J connectivity index is 1.77. The Kier molecular flexibility index (Phi) is 12.4. The Hall–Kier alpha value is -4.64. The number of esters is 2. The first kappa shape index (κ1) is 34.2. The van der Waals surface area contributed by atoms with E-state index in [0.29, 0.717) is 52.9 Å². The molecule has 240 valence electrons. The normalized spacial score (nSPS) is 11.1. The number of para-hydroxylation sites is 2. The van der Waals surface area contributed by atoms with E-state index >= 15 is 0 Å². The van der Waals surface area contributed by atoms with E-state index in [2.05, 4.69) is 21.1 Å². The van der Waals surface area contributed by atoms with Crippen molar-refractivity contribution in [1.82, 2.24) is 10.9 Å². The highest BCUT2D eigenvalue weighted by molar-refractivity contribution is 7.80. The number of fused-ring (bicyclic) bond motifs is 1. The highest BCUT2D eigenvalue weighted by Crippen LogP contribution is 2.43. The van der Waals surface area contributed by atoms with Crippen LogP contribution in [-0.2, 0) is 22.7 Å². The van der Waals surface area contributed by atoms with Crippen LogP contribution in [0.15, 0.2) is 58.7 Å². The summed E-state index contributed by atoms with van der Waals surface area (Å²) in [5.41, 5.74) is 18.3. The van der Waals surface area contributed by atoms with Gasteiger partial charge >= 0.3 is 11.9 Å². The molecule has 0 atom stereocenters.